The Labute approximate surface area is 125 Å². The summed E-state index contributed by atoms with van der Waals surface area (Å²) in [5.41, 5.74) is 5.34. The van der Waals surface area contributed by atoms with Gasteiger partial charge in [0.25, 0.3) is 0 Å². The Balaban J connectivity index is 2.31. The molecule has 1 aromatic rings. The molecular formula is C15H20N2O3S. The summed E-state index contributed by atoms with van der Waals surface area (Å²) in [6, 6.07) is 6.69. The summed E-state index contributed by atoms with van der Waals surface area (Å²) in [7, 11) is -3.63. The molecule has 1 fully saturated rings. The Morgan fingerprint density at radius 3 is 2.67 bits per heavy atom. The van der Waals surface area contributed by atoms with Crippen molar-refractivity contribution in [2.24, 2.45) is 5.73 Å². The van der Waals surface area contributed by atoms with Gasteiger partial charge in [-0.05, 0) is 31.9 Å². The number of nitrogens with two attached hydrogens (primary N) is 1. The summed E-state index contributed by atoms with van der Waals surface area (Å²) in [5, 5.41) is 0. The molecular weight excluding hydrogens is 288 g/mol. The summed E-state index contributed by atoms with van der Waals surface area (Å²) in [6.45, 7) is 3.22. The van der Waals surface area contributed by atoms with Gasteiger partial charge in [0, 0.05) is 24.3 Å². The molecule has 0 saturated carbocycles. The Morgan fingerprint density at radius 2 is 2.00 bits per heavy atom. The maximum atomic E-state index is 12.6. The average Bonchev–Trinajstić information content (AvgIpc) is 2.45. The summed E-state index contributed by atoms with van der Waals surface area (Å²) in [4.78, 5) is 0.193. The van der Waals surface area contributed by atoms with E-state index in [1.807, 2.05) is 6.92 Å². The van der Waals surface area contributed by atoms with Crippen LogP contribution in [0.25, 0.3) is 0 Å². The van der Waals surface area contributed by atoms with Crippen molar-refractivity contribution in [2.75, 3.05) is 19.8 Å². The molecule has 1 aliphatic heterocycles. The lowest BCUT2D eigenvalue weighted by Gasteiger charge is -2.34. The first-order valence-corrected chi connectivity index (χ1v) is 8.35. The lowest BCUT2D eigenvalue weighted by Crippen LogP contribution is -2.49. The van der Waals surface area contributed by atoms with Crippen LogP contribution in [0, 0.1) is 11.8 Å². The van der Waals surface area contributed by atoms with Crippen molar-refractivity contribution in [1.29, 1.82) is 0 Å². The Morgan fingerprint density at radius 1 is 1.33 bits per heavy atom. The van der Waals surface area contributed by atoms with Gasteiger partial charge in [0.05, 0.1) is 11.4 Å². The van der Waals surface area contributed by atoms with Gasteiger partial charge in [-0.25, -0.2) is 13.1 Å². The van der Waals surface area contributed by atoms with Gasteiger partial charge in [0.2, 0.25) is 10.0 Å². The Hall–Kier alpha value is -1.39. The van der Waals surface area contributed by atoms with E-state index in [9.17, 15) is 8.42 Å². The maximum absolute atomic E-state index is 12.6. The fourth-order valence-corrected chi connectivity index (χ4v) is 3.88. The predicted octanol–water partition coefficient (Wildman–Crippen LogP) is 0.844. The number of rotatable bonds is 3. The molecule has 0 radical (unpaired) electrons. The van der Waals surface area contributed by atoms with Gasteiger partial charge in [-0.3, -0.25) is 0 Å². The third-order valence-corrected chi connectivity index (χ3v) is 5.18. The molecule has 0 spiro atoms. The highest BCUT2D eigenvalue weighted by atomic mass is 32.2. The van der Waals surface area contributed by atoms with Gasteiger partial charge in [-0.1, -0.05) is 24.0 Å². The Bertz CT molecular complexity index is 653. The monoisotopic (exact) mass is 308 g/mol. The molecule has 1 heterocycles. The highest BCUT2D eigenvalue weighted by molar-refractivity contribution is 7.89. The fourth-order valence-electron chi connectivity index (χ4n) is 2.25. The second-order valence-electron chi connectivity index (χ2n) is 5.28. The SMILES string of the molecule is CC1(NS(=O)(=O)c2ccccc2C#CCN)CCOCC1. The van der Waals surface area contributed by atoms with E-state index >= 15 is 0 Å². The molecule has 0 aliphatic carbocycles. The molecule has 0 unspecified atom stereocenters. The second kappa shape index (κ2) is 6.58. The largest absolute Gasteiger partial charge is 0.381 e. The van der Waals surface area contributed by atoms with Crippen molar-refractivity contribution in [3.8, 4) is 11.8 Å². The highest BCUT2D eigenvalue weighted by Crippen LogP contribution is 2.24. The maximum Gasteiger partial charge on any atom is 0.242 e. The van der Waals surface area contributed by atoms with Gasteiger partial charge in [-0.15, -0.1) is 0 Å². The van der Waals surface area contributed by atoms with Crippen molar-refractivity contribution < 1.29 is 13.2 Å². The van der Waals surface area contributed by atoms with Crippen molar-refractivity contribution >= 4 is 10.0 Å². The van der Waals surface area contributed by atoms with Crippen molar-refractivity contribution in [2.45, 2.75) is 30.2 Å². The first kappa shape index (κ1) is 16.0. The first-order chi connectivity index (χ1) is 9.97. The van der Waals surface area contributed by atoms with E-state index in [1.165, 1.54) is 0 Å². The Kier molecular flexibility index (Phi) is 5.01. The molecule has 1 aliphatic rings. The number of hydrogen-bond acceptors (Lipinski definition) is 4. The molecule has 21 heavy (non-hydrogen) atoms. The van der Waals surface area contributed by atoms with Crippen LogP contribution < -0.4 is 10.5 Å². The average molecular weight is 308 g/mol. The lowest BCUT2D eigenvalue weighted by atomic mass is 9.94. The molecule has 114 valence electrons. The van der Waals surface area contributed by atoms with Crippen LogP contribution in [0.3, 0.4) is 0 Å². The quantitative estimate of drug-likeness (QED) is 0.811. The molecule has 0 amide bonds. The van der Waals surface area contributed by atoms with Crippen LogP contribution in [0.1, 0.15) is 25.3 Å². The number of hydrogen-bond donors (Lipinski definition) is 2. The van der Waals surface area contributed by atoms with Crippen molar-refractivity contribution in [3.05, 3.63) is 29.8 Å². The van der Waals surface area contributed by atoms with Gasteiger partial charge in [0.1, 0.15) is 0 Å². The zero-order valence-electron chi connectivity index (χ0n) is 12.1. The van der Waals surface area contributed by atoms with E-state index in [2.05, 4.69) is 16.6 Å². The van der Waals surface area contributed by atoms with Crippen LogP contribution in [-0.4, -0.2) is 33.7 Å². The minimum atomic E-state index is -3.63. The van der Waals surface area contributed by atoms with E-state index in [1.54, 1.807) is 24.3 Å². The van der Waals surface area contributed by atoms with E-state index in [4.69, 9.17) is 10.5 Å². The van der Waals surface area contributed by atoms with Crippen LogP contribution >= 0.6 is 0 Å². The zero-order valence-corrected chi connectivity index (χ0v) is 12.9. The zero-order chi connectivity index (χ0) is 15.3. The molecule has 5 nitrogen and oxygen atoms in total. The smallest absolute Gasteiger partial charge is 0.242 e. The third kappa shape index (κ3) is 4.05. The summed E-state index contributed by atoms with van der Waals surface area (Å²) >= 11 is 0. The summed E-state index contributed by atoms with van der Waals surface area (Å²) < 4.78 is 33.4. The second-order valence-corrected chi connectivity index (χ2v) is 6.93. The number of sulfonamides is 1. The van der Waals surface area contributed by atoms with E-state index < -0.39 is 15.6 Å². The van der Waals surface area contributed by atoms with Crippen molar-refractivity contribution in [3.63, 3.8) is 0 Å². The van der Waals surface area contributed by atoms with Crippen LogP contribution in [0.2, 0.25) is 0 Å². The molecule has 0 bridgehead atoms. The van der Waals surface area contributed by atoms with Gasteiger partial charge in [-0.2, -0.15) is 0 Å². The van der Waals surface area contributed by atoms with Gasteiger partial charge < -0.3 is 10.5 Å². The molecule has 1 aromatic carbocycles. The molecule has 2 rings (SSSR count). The molecule has 3 N–H and O–H groups in total. The molecule has 0 atom stereocenters. The minimum Gasteiger partial charge on any atom is -0.381 e. The predicted molar refractivity (Wildman–Crippen MR) is 81.2 cm³/mol. The fraction of sp³-hybridized carbons (Fsp3) is 0.467. The minimum absolute atomic E-state index is 0.191. The van der Waals surface area contributed by atoms with Gasteiger partial charge in [0.15, 0.2) is 0 Å². The van der Waals surface area contributed by atoms with Crippen LogP contribution in [0.4, 0.5) is 0 Å². The molecule has 1 saturated heterocycles. The topological polar surface area (TPSA) is 81.4 Å². The van der Waals surface area contributed by atoms with Gasteiger partial charge >= 0.3 is 0 Å². The van der Waals surface area contributed by atoms with Crippen molar-refractivity contribution in [1.82, 2.24) is 4.72 Å². The first-order valence-electron chi connectivity index (χ1n) is 6.87. The van der Waals surface area contributed by atoms with Crippen LogP contribution in [-0.2, 0) is 14.8 Å². The number of benzene rings is 1. The van der Waals surface area contributed by atoms with Crippen LogP contribution in [0.15, 0.2) is 29.2 Å². The standard InChI is InChI=1S/C15H20N2O3S/c1-15(8-11-20-12-9-15)17-21(18,19)14-7-3-2-5-13(14)6-4-10-16/h2-3,5,7,17H,8-12,16H2,1H3. The van der Waals surface area contributed by atoms with Crippen LogP contribution in [0.5, 0.6) is 0 Å². The number of ether oxygens (including phenoxy) is 1. The third-order valence-electron chi connectivity index (χ3n) is 3.48. The molecule has 0 aromatic heterocycles. The highest BCUT2D eigenvalue weighted by Gasteiger charge is 2.33. The lowest BCUT2D eigenvalue weighted by molar-refractivity contribution is 0.0537. The van der Waals surface area contributed by atoms with E-state index in [0.717, 1.165) is 0 Å². The van der Waals surface area contributed by atoms with E-state index in [0.29, 0.717) is 31.6 Å². The van der Waals surface area contributed by atoms with E-state index in [-0.39, 0.29) is 11.4 Å². The normalized spacial score (nSPS) is 17.8. The summed E-state index contributed by atoms with van der Waals surface area (Å²) in [6.07, 6.45) is 1.31. The number of nitrogens with one attached hydrogen (secondary N) is 1. The summed E-state index contributed by atoms with van der Waals surface area (Å²) in [5.74, 6) is 5.51. The molecule has 6 heteroatoms.